The van der Waals surface area contributed by atoms with Crippen LogP contribution in [0.2, 0.25) is 5.02 Å². The summed E-state index contributed by atoms with van der Waals surface area (Å²) in [6.07, 6.45) is -4.51. The highest BCUT2D eigenvalue weighted by molar-refractivity contribution is 6.30. The molecule has 3 aromatic carbocycles. The maximum Gasteiger partial charge on any atom is 0.573 e. The molecule has 0 spiro atoms. The van der Waals surface area contributed by atoms with Crippen LogP contribution in [0.1, 0.15) is 17.2 Å². The first-order valence-corrected chi connectivity index (χ1v) is 11.8. The number of aliphatic hydroxyl groups is 1. The zero-order valence-electron chi connectivity index (χ0n) is 20.0. The van der Waals surface area contributed by atoms with Crippen LogP contribution in [0.3, 0.4) is 0 Å². The van der Waals surface area contributed by atoms with E-state index in [4.69, 9.17) is 26.2 Å². The average Bonchev–Trinajstić information content (AvgIpc) is 3.28. The fourth-order valence-electron chi connectivity index (χ4n) is 4.14. The Bertz CT molecular complexity index is 1320. The lowest BCUT2D eigenvalue weighted by Crippen LogP contribution is -2.37. The van der Waals surface area contributed by atoms with Gasteiger partial charge in [0, 0.05) is 47.1 Å². The minimum Gasteiger partial charge on any atom is -0.497 e. The molecular formula is C26H23ClF4N2O5. The SMILES string of the molecule is COc1cc(NC(C(=O)N2CCc3ccc(OC(F)(F)F)cc32)c2ccc(Cl)cc2F)cc(OCCO)c1. The van der Waals surface area contributed by atoms with Crippen LogP contribution in [0.4, 0.5) is 28.9 Å². The number of anilines is 2. The number of rotatable bonds is 9. The van der Waals surface area contributed by atoms with Crippen molar-refractivity contribution in [2.75, 3.05) is 37.1 Å². The highest BCUT2D eigenvalue weighted by atomic mass is 35.5. The molecule has 38 heavy (non-hydrogen) atoms. The van der Waals surface area contributed by atoms with Crippen molar-refractivity contribution in [3.63, 3.8) is 0 Å². The second-order valence-corrected chi connectivity index (χ2v) is 8.73. The highest BCUT2D eigenvalue weighted by Crippen LogP contribution is 2.37. The van der Waals surface area contributed by atoms with Gasteiger partial charge in [-0.15, -0.1) is 13.2 Å². The summed E-state index contributed by atoms with van der Waals surface area (Å²) in [5.41, 5.74) is 1.18. The van der Waals surface area contributed by atoms with Crippen molar-refractivity contribution >= 4 is 28.9 Å². The van der Waals surface area contributed by atoms with E-state index in [2.05, 4.69) is 10.1 Å². The van der Waals surface area contributed by atoms with Crippen molar-refractivity contribution in [2.45, 2.75) is 18.8 Å². The fraction of sp³-hybridized carbons (Fsp3) is 0.269. The predicted octanol–water partition coefficient (Wildman–Crippen LogP) is 5.50. The summed E-state index contributed by atoms with van der Waals surface area (Å²) in [4.78, 5) is 15.1. The van der Waals surface area contributed by atoms with Crippen molar-refractivity contribution in [1.82, 2.24) is 0 Å². The smallest absolute Gasteiger partial charge is 0.497 e. The largest absolute Gasteiger partial charge is 0.573 e. The molecule has 4 rings (SSSR count). The number of ether oxygens (including phenoxy) is 3. The monoisotopic (exact) mass is 554 g/mol. The molecule has 1 atom stereocenters. The first kappa shape index (κ1) is 27.3. The van der Waals surface area contributed by atoms with Crippen LogP contribution >= 0.6 is 11.6 Å². The molecule has 0 aromatic heterocycles. The molecule has 1 amide bonds. The van der Waals surface area contributed by atoms with Crippen LogP contribution < -0.4 is 24.4 Å². The van der Waals surface area contributed by atoms with Crippen LogP contribution in [0.25, 0.3) is 0 Å². The summed E-state index contributed by atoms with van der Waals surface area (Å²) < 4.78 is 68.2. The lowest BCUT2D eigenvalue weighted by atomic mass is 10.0. The molecule has 3 aromatic rings. The van der Waals surface area contributed by atoms with Crippen molar-refractivity contribution in [2.24, 2.45) is 0 Å². The number of nitrogens with one attached hydrogen (secondary N) is 1. The molecule has 2 N–H and O–H groups in total. The molecule has 0 bridgehead atoms. The lowest BCUT2D eigenvalue weighted by molar-refractivity contribution is -0.274. The topological polar surface area (TPSA) is 80.3 Å². The maximum absolute atomic E-state index is 15.1. The summed E-state index contributed by atoms with van der Waals surface area (Å²) in [5, 5.41) is 12.2. The van der Waals surface area contributed by atoms with Gasteiger partial charge in [0.1, 0.15) is 35.7 Å². The summed E-state index contributed by atoms with van der Waals surface area (Å²) in [7, 11) is 1.43. The van der Waals surface area contributed by atoms with E-state index in [1.54, 1.807) is 18.2 Å². The van der Waals surface area contributed by atoms with Gasteiger partial charge in [0.25, 0.3) is 5.91 Å². The minimum atomic E-state index is -4.90. The number of halogens is 5. The number of hydrogen-bond donors (Lipinski definition) is 2. The molecule has 0 aliphatic carbocycles. The number of carbonyl (C=O) groups excluding carboxylic acids is 1. The summed E-state index contributed by atoms with van der Waals surface area (Å²) >= 11 is 5.92. The van der Waals surface area contributed by atoms with Crippen LogP contribution in [0.5, 0.6) is 17.2 Å². The molecular weight excluding hydrogens is 532 g/mol. The van der Waals surface area contributed by atoms with E-state index in [-0.39, 0.29) is 36.0 Å². The molecule has 202 valence electrons. The molecule has 1 unspecified atom stereocenters. The molecule has 0 saturated carbocycles. The number of carbonyl (C=O) groups is 1. The Kier molecular flexibility index (Phi) is 8.17. The molecule has 0 fully saturated rings. The molecule has 1 aliphatic heterocycles. The van der Waals surface area contributed by atoms with Gasteiger partial charge in [-0.2, -0.15) is 0 Å². The van der Waals surface area contributed by atoms with Gasteiger partial charge in [0.05, 0.1) is 19.4 Å². The zero-order valence-corrected chi connectivity index (χ0v) is 20.8. The standard InChI is InChI=1S/C26H23ClF4N2O5/c1-36-19-11-17(12-20(13-19)37-9-8-34)32-24(21-5-3-16(27)10-22(21)28)25(35)33-7-6-15-2-4-18(14-23(15)33)38-26(29,30)31/h2-5,10-14,24,32,34H,6-9H2,1H3. The van der Waals surface area contributed by atoms with Gasteiger partial charge in [-0.3, -0.25) is 4.79 Å². The Morgan fingerprint density at radius 2 is 1.87 bits per heavy atom. The summed E-state index contributed by atoms with van der Waals surface area (Å²) in [6, 6.07) is 11.0. The molecule has 1 aliphatic rings. The Morgan fingerprint density at radius 3 is 2.55 bits per heavy atom. The second kappa shape index (κ2) is 11.4. The van der Waals surface area contributed by atoms with Gasteiger partial charge in [-0.25, -0.2) is 4.39 Å². The first-order chi connectivity index (χ1) is 18.1. The molecule has 12 heteroatoms. The predicted molar refractivity (Wildman–Crippen MR) is 133 cm³/mol. The number of fused-ring (bicyclic) bond motifs is 1. The van der Waals surface area contributed by atoms with E-state index in [1.807, 2.05) is 0 Å². The number of alkyl halides is 3. The molecule has 7 nitrogen and oxygen atoms in total. The second-order valence-electron chi connectivity index (χ2n) is 8.29. The Hall–Kier alpha value is -3.70. The van der Waals surface area contributed by atoms with Gasteiger partial charge in [0.15, 0.2) is 0 Å². The summed E-state index contributed by atoms with van der Waals surface area (Å²) in [6.45, 7) is -0.0564. The maximum atomic E-state index is 15.1. The van der Waals surface area contributed by atoms with Gasteiger partial charge < -0.3 is 29.5 Å². The quantitative estimate of drug-likeness (QED) is 0.340. The fourth-order valence-corrected chi connectivity index (χ4v) is 4.29. The van der Waals surface area contributed by atoms with Gasteiger partial charge in [0.2, 0.25) is 0 Å². The van der Waals surface area contributed by atoms with Gasteiger partial charge >= 0.3 is 6.36 Å². The van der Waals surface area contributed by atoms with Crippen LogP contribution in [-0.4, -0.2) is 44.2 Å². The number of hydrogen-bond acceptors (Lipinski definition) is 6. The van der Waals surface area contributed by atoms with Crippen molar-refractivity contribution in [1.29, 1.82) is 0 Å². The average molecular weight is 555 g/mol. The Labute approximate surface area is 220 Å². The lowest BCUT2D eigenvalue weighted by Gasteiger charge is -2.27. The highest BCUT2D eigenvalue weighted by Gasteiger charge is 2.35. The van der Waals surface area contributed by atoms with Crippen LogP contribution in [0.15, 0.2) is 54.6 Å². The van der Waals surface area contributed by atoms with Crippen molar-refractivity contribution in [3.8, 4) is 17.2 Å². The van der Waals surface area contributed by atoms with E-state index in [9.17, 15) is 18.0 Å². The van der Waals surface area contributed by atoms with E-state index in [1.165, 1.54) is 36.3 Å². The molecule has 0 radical (unpaired) electrons. The third-order valence-electron chi connectivity index (χ3n) is 5.76. The molecule has 0 saturated heterocycles. The number of nitrogens with zero attached hydrogens (tertiary/aromatic N) is 1. The number of methoxy groups -OCH3 is 1. The van der Waals surface area contributed by atoms with Crippen molar-refractivity contribution < 1.29 is 41.7 Å². The van der Waals surface area contributed by atoms with Crippen LogP contribution in [0, 0.1) is 5.82 Å². The minimum absolute atomic E-state index is 0.00761. The normalized spacial score (nSPS) is 13.6. The Balaban J connectivity index is 1.72. The Morgan fingerprint density at radius 1 is 1.11 bits per heavy atom. The first-order valence-electron chi connectivity index (χ1n) is 11.4. The van der Waals surface area contributed by atoms with Crippen LogP contribution in [-0.2, 0) is 11.2 Å². The zero-order chi connectivity index (χ0) is 27.4. The molecule has 1 heterocycles. The van der Waals surface area contributed by atoms with Gasteiger partial charge in [-0.05, 0) is 30.2 Å². The van der Waals surface area contributed by atoms with E-state index in [0.29, 0.717) is 29.2 Å². The third kappa shape index (κ3) is 6.40. The van der Waals surface area contributed by atoms with E-state index >= 15 is 4.39 Å². The summed E-state index contributed by atoms with van der Waals surface area (Å²) in [5.74, 6) is -1.15. The third-order valence-corrected chi connectivity index (χ3v) is 5.99. The van der Waals surface area contributed by atoms with E-state index < -0.39 is 29.9 Å². The number of amides is 1. The van der Waals surface area contributed by atoms with Gasteiger partial charge in [-0.1, -0.05) is 23.7 Å². The number of benzene rings is 3. The number of aliphatic hydroxyl groups excluding tert-OH is 1. The van der Waals surface area contributed by atoms with Crippen molar-refractivity contribution in [3.05, 3.63) is 76.6 Å². The van der Waals surface area contributed by atoms with E-state index in [0.717, 1.165) is 12.1 Å².